The Morgan fingerprint density at radius 2 is 1.82 bits per heavy atom. The Kier molecular flexibility index (Phi) is 7.26. The summed E-state index contributed by atoms with van der Waals surface area (Å²) in [4.78, 5) is 14.9. The van der Waals surface area contributed by atoms with Gasteiger partial charge in [-0.15, -0.1) is 0 Å². The summed E-state index contributed by atoms with van der Waals surface area (Å²) in [5.74, 6) is -0.602. The fourth-order valence-corrected chi connectivity index (χ4v) is 4.34. The molecule has 0 aromatic heterocycles. The number of aliphatic hydroxyl groups excluding tert-OH is 3. The van der Waals surface area contributed by atoms with Crippen molar-refractivity contribution in [2.45, 2.75) is 43.7 Å². The van der Waals surface area contributed by atoms with Gasteiger partial charge in [0.2, 0.25) is 0 Å². The van der Waals surface area contributed by atoms with Crippen molar-refractivity contribution in [2.24, 2.45) is 0 Å². The molecule has 2 fully saturated rings. The zero-order valence-electron chi connectivity index (χ0n) is 18.4. The number of nitriles is 1. The number of hydrogen-bond acceptors (Lipinski definition) is 7. The first-order valence-electron chi connectivity index (χ1n) is 11.3. The smallest absolute Gasteiger partial charge is 0.262 e. The van der Waals surface area contributed by atoms with Crippen molar-refractivity contribution in [1.29, 1.82) is 5.26 Å². The molecule has 8 nitrogen and oxygen atoms in total. The maximum atomic E-state index is 12.5. The van der Waals surface area contributed by atoms with Gasteiger partial charge in [0, 0.05) is 25.3 Å². The summed E-state index contributed by atoms with van der Waals surface area (Å²) in [6.45, 7) is 1.92. The summed E-state index contributed by atoms with van der Waals surface area (Å²) in [7, 11) is 0. The van der Waals surface area contributed by atoms with Crippen LogP contribution in [0.4, 0.5) is 5.69 Å². The number of nitrogens with one attached hydrogen (secondary N) is 1. The quantitative estimate of drug-likeness (QED) is 0.399. The highest BCUT2D eigenvalue weighted by molar-refractivity contribution is 6.02. The van der Waals surface area contributed by atoms with E-state index in [1.807, 2.05) is 24.3 Å². The minimum absolute atomic E-state index is 0.0785. The van der Waals surface area contributed by atoms with Crippen LogP contribution in [0.3, 0.4) is 0 Å². The van der Waals surface area contributed by atoms with Crippen molar-refractivity contribution in [3.8, 4) is 6.07 Å². The van der Waals surface area contributed by atoms with Crippen LogP contribution < -0.4 is 10.2 Å². The van der Waals surface area contributed by atoms with E-state index in [9.17, 15) is 25.4 Å². The number of anilines is 1. The maximum absolute atomic E-state index is 12.5. The molecule has 174 valence electrons. The fraction of sp³-hybridized carbons (Fsp3) is 0.440. The fourth-order valence-electron chi connectivity index (χ4n) is 4.34. The van der Waals surface area contributed by atoms with Crippen molar-refractivity contribution >= 4 is 28.4 Å². The molecule has 0 aliphatic carbocycles. The number of aliphatic hydroxyl groups is 3. The van der Waals surface area contributed by atoms with Gasteiger partial charge in [0.05, 0.1) is 6.61 Å². The third-order valence-corrected chi connectivity index (χ3v) is 6.32. The SMILES string of the molecule is N#CC(=Cc1ccc2cc(N3CCCCC3)ccc2c1)C(=O)NCC1OCC(O)C(O)C1O. The van der Waals surface area contributed by atoms with Crippen molar-refractivity contribution in [3.05, 3.63) is 47.5 Å². The topological polar surface area (TPSA) is 126 Å². The molecule has 0 radical (unpaired) electrons. The van der Waals surface area contributed by atoms with Gasteiger partial charge in [-0.1, -0.05) is 18.2 Å². The van der Waals surface area contributed by atoms with Crippen LogP contribution in [0.2, 0.25) is 0 Å². The largest absolute Gasteiger partial charge is 0.388 e. The van der Waals surface area contributed by atoms with Gasteiger partial charge in [-0.2, -0.15) is 5.26 Å². The van der Waals surface area contributed by atoms with Crippen LogP contribution in [0.5, 0.6) is 0 Å². The molecule has 4 atom stereocenters. The number of amides is 1. The number of carbonyl (C=O) groups is 1. The number of rotatable bonds is 5. The van der Waals surface area contributed by atoms with Gasteiger partial charge in [-0.05, 0) is 59.9 Å². The Bertz CT molecular complexity index is 1070. The van der Waals surface area contributed by atoms with Crippen LogP contribution in [0.25, 0.3) is 16.8 Å². The minimum Gasteiger partial charge on any atom is -0.388 e. The van der Waals surface area contributed by atoms with Gasteiger partial charge in [-0.25, -0.2) is 0 Å². The van der Waals surface area contributed by atoms with Crippen LogP contribution >= 0.6 is 0 Å². The van der Waals surface area contributed by atoms with Gasteiger partial charge in [0.15, 0.2) is 0 Å². The highest BCUT2D eigenvalue weighted by atomic mass is 16.5. The van der Waals surface area contributed by atoms with E-state index < -0.39 is 30.3 Å². The predicted octanol–water partition coefficient (Wildman–Crippen LogP) is 1.33. The summed E-state index contributed by atoms with van der Waals surface area (Å²) in [6, 6.07) is 14.1. The highest BCUT2D eigenvalue weighted by Crippen LogP contribution is 2.26. The molecule has 4 rings (SSSR count). The second kappa shape index (κ2) is 10.3. The van der Waals surface area contributed by atoms with Crippen LogP contribution in [0.1, 0.15) is 24.8 Å². The van der Waals surface area contributed by atoms with E-state index in [-0.39, 0.29) is 18.7 Å². The van der Waals surface area contributed by atoms with E-state index in [0.29, 0.717) is 0 Å². The van der Waals surface area contributed by atoms with Crippen LogP contribution in [0, 0.1) is 11.3 Å². The number of hydrogen-bond donors (Lipinski definition) is 4. The Morgan fingerprint density at radius 1 is 1.09 bits per heavy atom. The van der Waals surface area contributed by atoms with Gasteiger partial charge in [0.1, 0.15) is 36.1 Å². The number of benzene rings is 2. The summed E-state index contributed by atoms with van der Waals surface area (Å²) in [5, 5.41) is 43.4. The van der Waals surface area contributed by atoms with Gasteiger partial charge in [-0.3, -0.25) is 4.79 Å². The van der Waals surface area contributed by atoms with Crippen LogP contribution in [-0.2, 0) is 9.53 Å². The highest BCUT2D eigenvalue weighted by Gasteiger charge is 2.37. The van der Waals surface area contributed by atoms with Crippen LogP contribution in [0.15, 0.2) is 42.0 Å². The third-order valence-electron chi connectivity index (χ3n) is 6.32. The first-order chi connectivity index (χ1) is 16.0. The minimum atomic E-state index is -1.35. The Labute approximate surface area is 192 Å². The molecule has 0 spiro atoms. The normalized spacial score (nSPS) is 26.1. The van der Waals surface area contributed by atoms with E-state index in [1.165, 1.54) is 31.0 Å². The summed E-state index contributed by atoms with van der Waals surface area (Å²) in [5.41, 5.74) is 1.87. The van der Waals surface area contributed by atoms with Crippen molar-refractivity contribution in [2.75, 3.05) is 31.1 Å². The van der Waals surface area contributed by atoms with Crippen molar-refractivity contribution in [3.63, 3.8) is 0 Å². The third kappa shape index (κ3) is 5.34. The Balaban J connectivity index is 1.44. The molecule has 2 saturated heterocycles. The number of piperidine rings is 1. The number of ether oxygens (including phenoxy) is 1. The first-order valence-corrected chi connectivity index (χ1v) is 11.3. The zero-order valence-corrected chi connectivity index (χ0v) is 18.4. The Morgan fingerprint density at radius 3 is 2.58 bits per heavy atom. The standard InChI is InChI=1S/C25H29N3O5/c26-13-19(25(32)27-14-22-24(31)23(30)21(29)15-33-22)11-16-4-5-18-12-20(7-6-17(18)10-16)28-8-2-1-3-9-28/h4-7,10-12,21-24,29-31H,1-3,8-9,14-15H2,(H,27,32). The van der Waals surface area contributed by atoms with E-state index >= 15 is 0 Å². The molecule has 2 aromatic rings. The lowest BCUT2D eigenvalue weighted by atomic mass is 10.00. The predicted molar refractivity (Wildman–Crippen MR) is 124 cm³/mol. The van der Waals surface area contributed by atoms with E-state index in [0.717, 1.165) is 29.4 Å². The lowest BCUT2D eigenvalue weighted by Crippen LogP contribution is -2.56. The lowest BCUT2D eigenvalue weighted by molar-refractivity contribution is -0.185. The lowest BCUT2D eigenvalue weighted by Gasteiger charge is -2.35. The molecule has 8 heteroatoms. The second-order valence-corrected chi connectivity index (χ2v) is 8.64. The zero-order chi connectivity index (χ0) is 23.4. The monoisotopic (exact) mass is 451 g/mol. The molecule has 4 unspecified atom stereocenters. The molecule has 33 heavy (non-hydrogen) atoms. The van der Waals surface area contributed by atoms with Crippen molar-refractivity contribution in [1.82, 2.24) is 5.32 Å². The van der Waals surface area contributed by atoms with E-state index in [4.69, 9.17) is 4.74 Å². The first kappa shape index (κ1) is 23.2. The van der Waals surface area contributed by atoms with E-state index in [1.54, 1.807) is 0 Å². The van der Waals surface area contributed by atoms with E-state index in [2.05, 4.69) is 28.4 Å². The number of nitrogens with zero attached hydrogens (tertiary/aromatic N) is 2. The molecule has 0 saturated carbocycles. The van der Waals surface area contributed by atoms with Gasteiger partial charge in [0.25, 0.3) is 5.91 Å². The number of carbonyl (C=O) groups excluding carboxylic acids is 1. The van der Waals surface area contributed by atoms with Crippen molar-refractivity contribution < 1.29 is 24.9 Å². The van der Waals surface area contributed by atoms with Gasteiger partial charge >= 0.3 is 0 Å². The molecule has 0 bridgehead atoms. The second-order valence-electron chi connectivity index (χ2n) is 8.64. The molecule has 2 heterocycles. The molecule has 2 aromatic carbocycles. The summed E-state index contributed by atoms with van der Waals surface area (Å²) >= 11 is 0. The summed E-state index contributed by atoms with van der Waals surface area (Å²) in [6.07, 6.45) is 0.508. The molecule has 2 aliphatic heterocycles. The van der Waals surface area contributed by atoms with Crippen LogP contribution in [-0.4, -0.2) is 71.9 Å². The molecule has 4 N–H and O–H groups in total. The van der Waals surface area contributed by atoms with Gasteiger partial charge < -0.3 is 30.3 Å². The molecule has 2 aliphatic rings. The molecular formula is C25H29N3O5. The Hall–Kier alpha value is -2.96. The molecular weight excluding hydrogens is 422 g/mol. The average molecular weight is 452 g/mol. The number of fused-ring (bicyclic) bond motifs is 1. The maximum Gasteiger partial charge on any atom is 0.262 e. The molecule has 1 amide bonds. The summed E-state index contributed by atoms with van der Waals surface area (Å²) < 4.78 is 5.28. The average Bonchev–Trinajstić information content (AvgIpc) is 2.85.